The van der Waals surface area contributed by atoms with Crippen LogP contribution in [0.15, 0.2) is 0 Å². The van der Waals surface area contributed by atoms with Gasteiger partial charge in [0.05, 0.1) is 25.0 Å². The van der Waals surface area contributed by atoms with Gasteiger partial charge >= 0.3 is 5.97 Å². The lowest BCUT2D eigenvalue weighted by Gasteiger charge is -2.37. The molecule has 120 valence electrons. The van der Waals surface area contributed by atoms with E-state index in [1.54, 1.807) is 0 Å². The third-order valence-electron chi connectivity index (χ3n) is 5.10. The molecule has 1 aliphatic carbocycles. The lowest BCUT2D eigenvalue weighted by atomic mass is 9.71. The van der Waals surface area contributed by atoms with E-state index in [0.29, 0.717) is 19.8 Å². The van der Waals surface area contributed by atoms with Crippen molar-refractivity contribution >= 4 is 11.9 Å². The molecule has 2 unspecified atom stereocenters. The third kappa shape index (κ3) is 3.55. The second-order valence-corrected chi connectivity index (χ2v) is 6.85. The van der Waals surface area contributed by atoms with Gasteiger partial charge < -0.3 is 20.9 Å². The van der Waals surface area contributed by atoms with E-state index in [0.717, 1.165) is 32.1 Å². The number of carboxylic acids is 1. The molecule has 2 rings (SSSR count). The standard InChI is InChI=1S/C15H26N2O4/c1-14(10-21-8-11(14)16)13(20)17-9-15(7-12(18)19)5-3-2-4-6-15/h11H,2-10,16H2,1H3,(H,17,20)(H,18,19). The van der Waals surface area contributed by atoms with E-state index in [1.807, 2.05) is 6.92 Å². The van der Waals surface area contributed by atoms with E-state index in [4.69, 9.17) is 15.6 Å². The van der Waals surface area contributed by atoms with E-state index >= 15 is 0 Å². The van der Waals surface area contributed by atoms with Gasteiger partial charge in [0.1, 0.15) is 0 Å². The molecule has 1 aliphatic heterocycles. The van der Waals surface area contributed by atoms with Gasteiger partial charge in [0.15, 0.2) is 0 Å². The third-order valence-corrected chi connectivity index (χ3v) is 5.10. The number of nitrogens with one attached hydrogen (secondary N) is 1. The van der Waals surface area contributed by atoms with Gasteiger partial charge in [-0.15, -0.1) is 0 Å². The van der Waals surface area contributed by atoms with E-state index < -0.39 is 11.4 Å². The Morgan fingerprint density at radius 2 is 2.00 bits per heavy atom. The number of nitrogens with two attached hydrogens (primary N) is 1. The molecule has 21 heavy (non-hydrogen) atoms. The Labute approximate surface area is 125 Å². The number of carbonyl (C=O) groups is 2. The molecule has 6 heteroatoms. The van der Waals surface area contributed by atoms with Crippen LogP contribution in [0.2, 0.25) is 0 Å². The number of hydrogen-bond donors (Lipinski definition) is 3. The van der Waals surface area contributed by atoms with Crippen LogP contribution in [-0.4, -0.2) is 42.8 Å². The zero-order valence-corrected chi connectivity index (χ0v) is 12.7. The summed E-state index contributed by atoms with van der Waals surface area (Å²) in [6.45, 7) is 2.95. The van der Waals surface area contributed by atoms with Crippen LogP contribution in [0.3, 0.4) is 0 Å². The molecule has 1 saturated heterocycles. The summed E-state index contributed by atoms with van der Waals surface area (Å²) in [7, 11) is 0. The van der Waals surface area contributed by atoms with Gasteiger partial charge in [0.2, 0.25) is 5.91 Å². The number of aliphatic carboxylic acids is 1. The molecule has 2 aliphatic rings. The molecule has 4 N–H and O–H groups in total. The van der Waals surface area contributed by atoms with E-state index in [2.05, 4.69) is 5.32 Å². The second kappa shape index (κ2) is 6.32. The molecule has 1 saturated carbocycles. The molecule has 0 bridgehead atoms. The summed E-state index contributed by atoms with van der Waals surface area (Å²) < 4.78 is 5.30. The van der Waals surface area contributed by atoms with Crippen LogP contribution in [0, 0.1) is 10.8 Å². The van der Waals surface area contributed by atoms with Gasteiger partial charge in [-0.05, 0) is 25.2 Å². The molecule has 2 fully saturated rings. The van der Waals surface area contributed by atoms with E-state index in [9.17, 15) is 9.59 Å². The van der Waals surface area contributed by atoms with Gasteiger partial charge in [0.25, 0.3) is 0 Å². The number of carboxylic acid groups (broad SMARTS) is 1. The molecule has 0 spiro atoms. The summed E-state index contributed by atoms with van der Waals surface area (Å²) in [5.74, 6) is -0.916. The Hall–Kier alpha value is -1.14. The van der Waals surface area contributed by atoms with Crippen LogP contribution in [0.1, 0.15) is 45.4 Å². The zero-order chi connectivity index (χ0) is 15.5. The number of ether oxygens (including phenoxy) is 1. The minimum atomic E-state index is -0.793. The molecule has 2 atom stereocenters. The van der Waals surface area contributed by atoms with Gasteiger partial charge in [-0.2, -0.15) is 0 Å². The Kier molecular flexibility index (Phi) is 4.88. The second-order valence-electron chi connectivity index (χ2n) is 6.85. The van der Waals surface area contributed by atoms with Crippen LogP contribution in [-0.2, 0) is 14.3 Å². The highest BCUT2D eigenvalue weighted by Crippen LogP contribution is 2.39. The fraction of sp³-hybridized carbons (Fsp3) is 0.867. The van der Waals surface area contributed by atoms with Gasteiger partial charge in [-0.3, -0.25) is 9.59 Å². The summed E-state index contributed by atoms with van der Waals surface area (Å²) in [5, 5.41) is 12.1. The van der Waals surface area contributed by atoms with Crippen molar-refractivity contribution in [3.05, 3.63) is 0 Å². The first kappa shape index (κ1) is 16.2. The predicted molar refractivity (Wildman–Crippen MR) is 77.7 cm³/mol. The van der Waals surface area contributed by atoms with Crippen molar-refractivity contribution in [1.82, 2.24) is 5.32 Å². The molecule has 0 radical (unpaired) electrons. The van der Waals surface area contributed by atoms with Gasteiger partial charge in [0, 0.05) is 12.6 Å². The van der Waals surface area contributed by atoms with Crippen LogP contribution in [0.5, 0.6) is 0 Å². The topological polar surface area (TPSA) is 102 Å². The number of carbonyl (C=O) groups excluding carboxylic acids is 1. The first-order valence-corrected chi connectivity index (χ1v) is 7.71. The van der Waals surface area contributed by atoms with Gasteiger partial charge in [-0.25, -0.2) is 0 Å². The maximum Gasteiger partial charge on any atom is 0.303 e. The molecular weight excluding hydrogens is 272 g/mol. The zero-order valence-electron chi connectivity index (χ0n) is 12.7. The lowest BCUT2D eigenvalue weighted by molar-refractivity contribution is -0.141. The molecular formula is C15H26N2O4. The highest BCUT2D eigenvalue weighted by atomic mass is 16.5. The fourth-order valence-electron chi connectivity index (χ4n) is 3.43. The molecule has 0 aromatic heterocycles. The Balaban J connectivity index is 1.98. The maximum absolute atomic E-state index is 12.4. The van der Waals surface area contributed by atoms with Crippen molar-refractivity contribution in [3.63, 3.8) is 0 Å². The Morgan fingerprint density at radius 3 is 2.52 bits per heavy atom. The SMILES string of the molecule is CC1(C(=O)NCC2(CC(=O)O)CCCCC2)COCC1N. The summed E-state index contributed by atoms with van der Waals surface area (Å²) in [5.41, 5.74) is 4.94. The first-order chi connectivity index (χ1) is 9.88. The maximum atomic E-state index is 12.4. The predicted octanol–water partition coefficient (Wildman–Crippen LogP) is 0.892. The summed E-state index contributed by atoms with van der Waals surface area (Å²) in [6, 6.07) is -0.306. The van der Waals surface area contributed by atoms with Crippen molar-refractivity contribution in [2.75, 3.05) is 19.8 Å². The van der Waals surface area contributed by atoms with Crippen LogP contribution >= 0.6 is 0 Å². The Bertz CT molecular complexity index is 406. The minimum absolute atomic E-state index is 0.118. The highest BCUT2D eigenvalue weighted by molar-refractivity contribution is 5.83. The highest BCUT2D eigenvalue weighted by Gasteiger charge is 2.45. The smallest absolute Gasteiger partial charge is 0.303 e. The summed E-state index contributed by atoms with van der Waals surface area (Å²) in [4.78, 5) is 23.6. The van der Waals surface area contributed by atoms with Crippen molar-refractivity contribution in [3.8, 4) is 0 Å². The molecule has 0 aromatic rings. The number of rotatable bonds is 5. The van der Waals surface area contributed by atoms with Crippen molar-refractivity contribution in [2.24, 2.45) is 16.6 Å². The minimum Gasteiger partial charge on any atom is -0.481 e. The van der Waals surface area contributed by atoms with Gasteiger partial charge in [-0.1, -0.05) is 19.3 Å². The van der Waals surface area contributed by atoms with Crippen LogP contribution in [0.25, 0.3) is 0 Å². The van der Waals surface area contributed by atoms with Crippen molar-refractivity contribution in [1.29, 1.82) is 0 Å². The Morgan fingerprint density at radius 1 is 1.33 bits per heavy atom. The number of hydrogen-bond acceptors (Lipinski definition) is 4. The van der Waals surface area contributed by atoms with E-state index in [1.165, 1.54) is 0 Å². The average molecular weight is 298 g/mol. The quantitative estimate of drug-likeness (QED) is 0.699. The monoisotopic (exact) mass is 298 g/mol. The van der Waals surface area contributed by atoms with Crippen molar-refractivity contribution in [2.45, 2.75) is 51.5 Å². The molecule has 1 heterocycles. The summed E-state index contributed by atoms with van der Waals surface area (Å²) >= 11 is 0. The summed E-state index contributed by atoms with van der Waals surface area (Å²) in [6.07, 6.45) is 5.04. The van der Waals surface area contributed by atoms with Crippen molar-refractivity contribution < 1.29 is 19.4 Å². The normalized spacial score (nSPS) is 31.8. The lowest BCUT2D eigenvalue weighted by Crippen LogP contribution is -2.52. The molecule has 6 nitrogen and oxygen atoms in total. The average Bonchev–Trinajstić information content (AvgIpc) is 2.78. The number of amides is 1. The van der Waals surface area contributed by atoms with Crippen LogP contribution in [0.4, 0.5) is 0 Å². The van der Waals surface area contributed by atoms with Crippen LogP contribution < -0.4 is 11.1 Å². The molecule has 1 amide bonds. The fourth-order valence-corrected chi connectivity index (χ4v) is 3.43. The largest absolute Gasteiger partial charge is 0.481 e. The first-order valence-electron chi connectivity index (χ1n) is 7.71. The van der Waals surface area contributed by atoms with E-state index in [-0.39, 0.29) is 23.8 Å². The molecule has 0 aromatic carbocycles.